The maximum atomic E-state index is 14.2. The normalized spacial score (nSPS) is 35.4. The molecule has 0 aromatic carbocycles. The van der Waals surface area contributed by atoms with Crippen LogP contribution in [0.1, 0.15) is 13.3 Å². The minimum Gasteiger partial charge on any atom is -0.393 e. The van der Waals surface area contributed by atoms with E-state index in [0.29, 0.717) is 0 Å². The molecule has 0 amide bonds. The number of halogens is 2. The molecule has 0 bridgehead atoms. The molecule has 19 heavy (non-hydrogen) atoms. The average Bonchev–Trinajstić information content (AvgIpc) is 2.68. The van der Waals surface area contributed by atoms with Crippen LogP contribution in [0.5, 0.6) is 0 Å². The van der Waals surface area contributed by atoms with Gasteiger partial charge < -0.3 is 14.9 Å². The highest BCUT2D eigenvalue weighted by molar-refractivity contribution is 6.18. The molecular weight excluding hydrogens is 279 g/mol. The third kappa shape index (κ3) is 2.27. The summed E-state index contributed by atoms with van der Waals surface area (Å²) in [6.45, 7) is 0.776. The SMILES string of the molecule is [2H]c1cn([C@@H]2O[C@@](CO)(CCl)[C@@H](O)[C@H]2F)c(=O)nc1C. The fourth-order valence-electron chi connectivity index (χ4n) is 1.95. The van der Waals surface area contributed by atoms with E-state index in [9.17, 15) is 19.4 Å². The van der Waals surface area contributed by atoms with Crippen molar-refractivity contribution in [1.29, 1.82) is 0 Å². The van der Waals surface area contributed by atoms with Gasteiger partial charge in [0.15, 0.2) is 12.4 Å². The fraction of sp³-hybridized carbons (Fsp3) is 0.636. The second-order valence-electron chi connectivity index (χ2n) is 4.41. The molecule has 2 N–H and O–H groups in total. The molecule has 0 saturated carbocycles. The van der Waals surface area contributed by atoms with E-state index in [4.69, 9.17) is 17.7 Å². The maximum Gasteiger partial charge on any atom is 0.349 e. The van der Waals surface area contributed by atoms with E-state index in [2.05, 4.69) is 4.98 Å². The van der Waals surface area contributed by atoms with Gasteiger partial charge in [0.25, 0.3) is 0 Å². The molecule has 2 rings (SSSR count). The monoisotopic (exact) mass is 293 g/mol. The van der Waals surface area contributed by atoms with Crippen LogP contribution in [0, 0.1) is 6.92 Å². The van der Waals surface area contributed by atoms with Gasteiger partial charge in [0.05, 0.1) is 13.9 Å². The van der Waals surface area contributed by atoms with Gasteiger partial charge in [-0.25, -0.2) is 9.18 Å². The minimum absolute atomic E-state index is 0.0674. The number of hydrogen-bond acceptors (Lipinski definition) is 5. The molecule has 0 aliphatic carbocycles. The van der Waals surface area contributed by atoms with Crippen molar-refractivity contribution in [3.8, 4) is 0 Å². The molecule has 0 spiro atoms. The van der Waals surface area contributed by atoms with Gasteiger partial charge in [-0.15, -0.1) is 11.6 Å². The minimum atomic E-state index is -1.97. The molecule has 1 aliphatic rings. The van der Waals surface area contributed by atoms with E-state index in [-0.39, 0.29) is 17.6 Å². The summed E-state index contributed by atoms with van der Waals surface area (Å²) >= 11 is 5.62. The highest BCUT2D eigenvalue weighted by Crippen LogP contribution is 2.38. The van der Waals surface area contributed by atoms with Crippen LogP contribution in [0.3, 0.4) is 0 Å². The highest BCUT2D eigenvalue weighted by Gasteiger charge is 2.55. The van der Waals surface area contributed by atoms with Crippen LogP contribution in [-0.4, -0.2) is 50.1 Å². The fourth-order valence-corrected chi connectivity index (χ4v) is 2.25. The molecular formula is C11H14ClFN2O4. The number of nitrogens with zero attached hydrogens (tertiary/aromatic N) is 2. The molecule has 1 saturated heterocycles. The molecule has 6 nitrogen and oxygen atoms in total. The summed E-state index contributed by atoms with van der Waals surface area (Å²) in [5, 5.41) is 19.1. The molecule has 2 heterocycles. The average molecular weight is 294 g/mol. The van der Waals surface area contributed by atoms with Gasteiger partial charge in [-0.3, -0.25) is 4.57 Å². The lowest BCUT2D eigenvalue weighted by Gasteiger charge is -2.26. The van der Waals surface area contributed by atoms with Crippen molar-refractivity contribution < 1.29 is 20.7 Å². The van der Waals surface area contributed by atoms with E-state index in [0.717, 1.165) is 10.8 Å². The maximum absolute atomic E-state index is 14.2. The van der Waals surface area contributed by atoms with E-state index >= 15 is 0 Å². The predicted molar refractivity (Wildman–Crippen MR) is 64.8 cm³/mol. The lowest BCUT2D eigenvalue weighted by Crippen LogP contribution is -2.47. The number of ether oxygens (including phenoxy) is 1. The molecule has 0 unspecified atom stereocenters. The van der Waals surface area contributed by atoms with Crippen molar-refractivity contribution in [2.45, 2.75) is 31.0 Å². The largest absolute Gasteiger partial charge is 0.393 e. The number of alkyl halides is 2. The van der Waals surface area contributed by atoms with Gasteiger partial charge in [-0.2, -0.15) is 4.98 Å². The zero-order chi connectivity index (χ0) is 15.1. The summed E-state index contributed by atoms with van der Waals surface area (Å²) < 4.78 is 27.8. The van der Waals surface area contributed by atoms with E-state index in [1.165, 1.54) is 6.92 Å². The van der Waals surface area contributed by atoms with Gasteiger partial charge in [0.2, 0.25) is 0 Å². The first-order valence-corrected chi connectivity index (χ1v) is 6.13. The molecule has 1 aromatic rings. The Kier molecular flexibility index (Phi) is 3.53. The number of rotatable bonds is 3. The quantitative estimate of drug-likeness (QED) is 0.751. The first-order valence-electron chi connectivity index (χ1n) is 6.09. The standard InChI is InChI=1S/C11H14ClFN2O4/c1-6-2-3-15(10(18)14-6)9-7(13)8(17)11(4-12,5-16)19-9/h2-3,7-9,16-17H,4-5H2,1H3/t7-,8+,9-,11-/m1/s1/i2D. The summed E-state index contributed by atoms with van der Waals surface area (Å²) in [5.41, 5.74) is -2.29. The number of aromatic nitrogens is 2. The Morgan fingerprint density at radius 3 is 3.00 bits per heavy atom. The summed E-state index contributed by atoms with van der Waals surface area (Å²) in [6, 6.07) is -0.0674. The van der Waals surface area contributed by atoms with E-state index in [1.807, 2.05) is 0 Å². The van der Waals surface area contributed by atoms with Crippen LogP contribution >= 0.6 is 11.6 Å². The Hall–Kier alpha value is -1.02. The molecule has 1 fully saturated rings. The zero-order valence-corrected chi connectivity index (χ0v) is 10.8. The second-order valence-corrected chi connectivity index (χ2v) is 4.68. The Bertz CT molecular complexity index is 566. The molecule has 1 aromatic heterocycles. The molecule has 1 aliphatic heterocycles. The van der Waals surface area contributed by atoms with Gasteiger partial charge in [-0.05, 0) is 13.0 Å². The lowest BCUT2D eigenvalue weighted by molar-refractivity contribution is -0.115. The van der Waals surface area contributed by atoms with Crippen LogP contribution in [0.25, 0.3) is 0 Å². The second kappa shape index (κ2) is 5.16. The molecule has 0 radical (unpaired) electrons. The Labute approximate surface area is 114 Å². The van der Waals surface area contributed by atoms with Crippen LogP contribution < -0.4 is 5.69 Å². The predicted octanol–water partition coefficient (Wildman–Crippen LogP) is -0.251. The Morgan fingerprint density at radius 1 is 1.79 bits per heavy atom. The third-order valence-electron chi connectivity index (χ3n) is 3.13. The van der Waals surface area contributed by atoms with E-state index in [1.54, 1.807) is 0 Å². The van der Waals surface area contributed by atoms with Crippen molar-refractivity contribution >= 4 is 11.6 Å². The van der Waals surface area contributed by atoms with Crippen LogP contribution in [-0.2, 0) is 4.74 Å². The first-order chi connectivity index (χ1) is 9.36. The van der Waals surface area contributed by atoms with Crippen molar-refractivity contribution in [3.63, 3.8) is 0 Å². The summed E-state index contributed by atoms with van der Waals surface area (Å²) in [6.07, 6.45) is -4.06. The van der Waals surface area contributed by atoms with Gasteiger partial charge in [0.1, 0.15) is 11.7 Å². The highest BCUT2D eigenvalue weighted by atomic mass is 35.5. The summed E-state index contributed by atoms with van der Waals surface area (Å²) in [4.78, 5) is 15.3. The molecule has 106 valence electrons. The summed E-state index contributed by atoms with van der Waals surface area (Å²) in [5.74, 6) is -0.344. The van der Waals surface area contributed by atoms with Gasteiger partial charge in [0, 0.05) is 11.9 Å². The van der Waals surface area contributed by atoms with Gasteiger partial charge >= 0.3 is 5.69 Å². The first kappa shape index (κ1) is 13.0. The van der Waals surface area contributed by atoms with Crippen molar-refractivity contribution in [2.24, 2.45) is 0 Å². The van der Waals surface area contributed by atoms with Crippen LogP contribution in [0.4, 0.5) is 4.39 Å². The number of hydrogen-bond donors (Lipinski definition) is 2. The smallest absolute Gasteiger partial charge is 0.349 e. The molecule has 8 heteroatoms. The van der Waals surface area contributed by atoms with Crippen molar-refractivity contribution in [1.82, 2.24) is 9.55 Å². The van der Waals surface area contributed by atoms with Gasteiger partial charge in [-0.1, -0.05) is 0 Å². The van der Waals surface area contributed by atoms with Crippen LogP contribution in [0.2, 0.25) is 0 Å². The lowest BCUT2D eigenvalue weighted by atomic mass is 9.99. The summed E-state index contributed by atoms with van der Waals surface area (Å²) in [7, 11) is 0. The Morgan fingerprint density at radius 2 is 2.47 bits per heavy atom. The van der Waals surface area contributed by atoms with E-state index < -0.39 is 36.4 Å². The third-order valence-corrected chi connectivity index (χ3v) is 3.59. The number of aryl methyl sites for hydroxylation is 1. The zero-order valence-electron chi connectivity index (χ0n) is 11.1. The number of aliphatic hydroxyl groups excluding tert-OH is 2. The van der Waals surface area contributed by atoms with Crippen molar-refractivity contribution in [2.75, 3.05) is 12.5 Å². The number of aliphatic hydroxyl groups is 2. The van der Waals surface area contributed by atoms with Crippen LogP contribution in [0.15, 0.2) is 17.0 Å². The topological polar surface area (TPSA) is 84.6 Å². The Balaban J connectivity index is 2.45. The molecule has 4 atom stereocenters. The van der Waals surface area contributed by atoms with Crippen molar-refractivity contribution in [3.05, 3.63) is 28.4 Å².